The van der Waals surface area contributed by atoms with Crippen molar-refractivity contribution in [3.05, 3.63) is 52.9 Å². The molecular weight excluding hydrogens is 374 g/mol. The summed E-state index contributed by atoms with van der Waals surface area (Å²) in [4.78, 5) is 30.2. The summed E-state index contributed by atoms with van der Waals surface area (Å²) >= 11 is 0. The summed E-state index contributed by atoms with van der Waals surface area (Å²) in [6, 6.07) is 10.3. The number of Topliss-reactive ketones (excluding diaryl/α,β-unsaturated/α-hetero) is 1. The number of ketones is 1. The number of hydrogen-bond donors (Lipinski definition) is 0. The fourth-order valence-corrected chi connectivity index (χ4v) is 5.26. The molecule has 0 fully saturated rings. The van der Waals surface area contributed by atoms with Crippen molar-refractivity contribution in [1.82, 2.24) is 9.55 Å². The molecule has 0 saturated carbocycles. The van der Waals surface area contributed by atoms with Crippen molar-refractivity contribution in [1.29, 1.82) is 5.26 Å². The molecule has 0 N–H and O–H groups in total. The Kier molecular flexibility index (Phi) is 4.77. The lowest BCUT2D eigenvalue weighted by atomic mass is 9.58. The summed E-state index contributed by atoms with van der Waals surface area (Å²) in [5, 5.41) is 9.51. The molecule has 1 aromatic carbocycles. The number of aromatic nitrogens is 2. The van der Waals surface area contributed by atoms with Crippen LogP contribution in [-0.2, 0) is 16.6 Å². The predicted octanol–water partition coefficient (Wildman–Crippen LogP) is 4.82. The molecule has 0 radical (unpaired) electrons. The minimum absolute atomic E-state index is 0.0704. The van der Waals surface area contributed by atoms with Crippen molar-refractivity contribution in [3.8, 4) is 17.5 Å². The number of carbonyl (C=O) groups is 2. The molecule has 0 amide bonds. The maximum atomic E-state index is 12.7. The zero-order chi connectivity index (χ0) is 21.8. The van der Waals surface area contributed by atoms with Gasteiger partial charge in [-0.25, -0.2) is 4.98 Å². The second-order valence-corrected chi connectivity index (χ2v) is 9.11. The molecule has 5 heteroatoms. The largest absolute Gasteiger partial charge is 0.293 e. The topological polar surface area (TPSA) is 75.8 Å². The number of hydrogen-bond acceptors (Lipinski definition) is 4. The summed E-state index contributed by atoms with van der Waals surface area (Å²) in [5.41, 5.74) is 3.52. The van der Waals surface area contributed by atoms with Crippen LogP contribution in [0.1, 0.15) is 68.7 Å². The second-order valence-electron chi connectivity index (χ2n) is 9.11. The van der Waals surface area contributed by atoms with Gasteiger partial charge in [-0.1, -0.05) is 58.0 Å². The highest BCUT2D eigenvalue weighted by Gasteiger charge is 2.50. The van der Waals surface area contributed by atoms with Crippen LogP contribution in [-0.4, -0.2) is 21.2 Å². The number of fused-ring (bicyclic) bond motifs is 3. The highest BCUT2D eigenvalue weighted by atomic mass is 16.2. The number of nitrogens with zero attached hydrogens (tertiary/aromatic N) is 3. The molecule has 154 valence electrons. The van der Waals surface area contributed by atoms with Gasteiger partial charge in [-0.15, -0.1) is 0 Å². The highest BCUT2D eigenvalue weighted by Crippen LogP contribution is 2.50. The first-order valence-corrected chi connectivity index (χ1v) is 10.6. The van der Waals surface area contributed by atoms with Crippen LogP contribution in [0, 0.1) is 23.2 Å². The first kappa shape index (κ1) is 20.3. The van der Waals surface area contributed by atoms with Gasteiger partial charge in [0.1, 0.15) is 11.9 Å². The summed E-state index contributed by atoms with van der Waals surface area (Å²) < 4.78 is 1.72. The van der Waals surface area contributed by atoms with Gasteiger partial charge in [0, 0.05) is 29.5 Å². The molecule has 1 heterocycles. The van der Waals surface area contributed by atoms with Gasteiger partial charge >= 0.3 is 0 Å². The fraction of sp³-hybridized carbons (Fsp3) is 0.440. The molecule has 0 aliphatic heterocycles. The first-order valence-electron chi connectivity index (χ1n) is 10.6. The van der Waals surface area contributed by atoms with Gasteiger partial charge in [0.15, 0.2) is 5.78 Å². The van der Waals surface area contributed by atoms with Crippen LogP contribution in [0.15, 0.2) is 35.9 Å². The number of imidazole rings is 1. The molecule has 30 heavy (non-hydrogen) atoms. The van der Waals surface area contributed by atoms with Gasteiger partial charge in [0.05, 0.1) is 11.3 Å². The number of nitriles is 1. The van der Waals surface area contributed by atoms with Crippen molar-refractivity contribution in [3.63, 3.8) is 0 Å². The van der Waals surface area contributed by atoms with Gasteiger partial charge in [0.2, 0.25) is 5.91 Å². The van der Waals surface area contributed by atoms with Crippen molar-refractivity contribution >= 4 is 11.7 Å². The molecule has 1 aromatic heterocycles. The van der Waals surface area contributed by atoms with E-state index >= 15 is 0 Å². The van der Waals surface area contributed by atoms with Crippen molar-refractivity contribution < 1.29 is 9.59 Å². The molecule has 2 aliphatic rings. The zero-order valence-corrected chi connectivity index (χ0v) is 18.2. The molecule has 2 aromatic rings. The van der Waals surface area contributed by atoms with Crippen LogP contribution in [0.2, 0.25) is 0 Å². The molecule has 3 atom stereocenters. The van der Waals surface area contributed by atoms with Gasteiger partial charge in [-0.05, 0) is 30.2 Å². The molecule has 0 spiro atoms. The van der Waals surface area contributed by atoms with Crippen molar-refractivity contribution in [2.45, 2.75) is 58.8 Å². The Morgan fingerprint density at radius 3 is 2.53 bits per heavy atom. The lowest BCUT2D eigenvalue weighted by Crippen LogP contribution is -2.45. The van der Waals surface area contributed by atoms with E-state index in [4.69, 9.17) is 4.98 Å². The SMILES string of the molecule is CC(=O)n1c(-c2ccc(C(C)C)cc2)nc2c1CC[C@@H]1[C@@H](C)C(=O)C(C#N)=C[C@@]21C. The van der Waals surface area contributed by atoms with E-state index in [0.29, 0.717) is 18.2 Å². The molecular formula is C25H27N3O2. The van der Waals surface area contributed by atoms with E-state index in [2.05, 4.69) is 39.0 Å². The van der Waals surface area contributed by atoms with E-state index in [9.17, 15) is 14.9 Å². The van der Waals surface area contributed by atoms with E-state index in [1.807, 2.05) is 19.1 Å². The minimum Gasteiger partial charge on any atom is -0.293 e. The molecule has 2 aliphatic carbocycles. The fourth-order valence-electron chi connectivity index (χ4n) is 5.26. The van der Waals surface area contributed by atoms with Crippen molar-refractivity contribution in [2.24, 2.45) is 11.8 Å². The van der Waals surface area contributed by atoms with E-state index in [-0.39, 0.29) is 29.1 Å². The maximum absolute atomic E-state index is 12.7. The van der Waals surface area contributed by atoms with E-state index in [1.165, 1.54) is 5.56 Å². The van der Waals surface area contributed by atoms with Gasteiger partial charge in [-0.2, -0.15) is 5.26 Å². The number of benzene rings is 1. The number of carbonyl (C=O) groups excluding carboxylic acids is 2. The highest BCUT2D eigenvalue weighted by molar-refractivity contribution is 6.02. The third kappa shape index (κ3) is 2.86. The Labute approximate surface area is 177 Å². The summed E-state index contributed by atoms with van der Waals surface area (Å²) in [6.07, 6.45) is 3.27. The van der Waals surface area contributed by atoms with Gasteiger partial charge in [0.25, 0.3) is 0 Å². The average Bonchev–Trinajstić information content (AvgIpc) is 3.12. The lowest BCUT2D eigenvalue weighted by molar-refractivity contribution is -0.121. The smallest absolute Gasteiger partial charge is 0.229 e. The minimum atomic E-state index is -0.542. The number of rotatable bonds is 2. The third-order valence-electron chi connectivity index (χ3n) is 6.94. The maximum Gasteiger partial charge on any atom is 0.229 e. The van der Waals surface area contributed by atoms with Crippen LogP contribution in [0.5, 0.6) is 0 Å². The summed E-state index contributed by atoms with van der Waals surface area (Å²) in [7, 11) is 0. The standard InChI is InChI=1S/C25H27N3O2/c1-14(2)17-6-8-18(9-7-17)24-27-23-21(28(24)16(4)29)11-10-20-15(3)22(30)19(13-26)12-25(20,23)5/h6-9,12,14-15,20H,10-11H2,1-5H3/t15-,20-,25-/m1/s1. The van der Waals surface area contributed by atoms with Crippen LogP contribution in [0.25, 0.3) is 11.4 Å². The van der Waals surface area contributed by atoms with E-state index in [0.717, 1.165) is 23.4 Å². The normalized spacial score (nSPS) is 25.4. The van der Waals surface area contributed by atoms with Crippen LogP contribution in [0.4, 0.5) is 0 Å². The Balaban J connectivity index is 1.93. The van der Waals surface area contributed by atoms with Crippen LogP contribution >= 0.6 is 0 Å². The van der Waals surface area contributed by atoms with Crippen molar-refractivity contribution in [2.75, 3.05) is 0 Å². The second kappa shape index (κ2) is 7.05. The van der Waals surface area contributed by atoms with E-state index < -0.39 is 5.41 Å². The Bertz CT molecular complexity index is 1110. The molecule has 0 saturated heterocycles. The average molecular weight is 402 g/mol. The number of allylic oxidation sites excluding steroid dienone is 2. The molecule has 5 nitrogen and oxygen atoms in total. The predicted molar refractivity (Wildman–Crippen MR) is 115 cm³/mol. The zero-order valence-electron chi connectivity index (χ0n) is 18.2. The third-order valence-corrected chi connectivity index (χ3v) is 6.94. The Morgan fingerprint density at radius 2 is 1.97 bits per heavy atom. The molecule has 4 rings (SSSR count). The Morgan fingerprint density at radius 1 is 1.30 bits per heavy atom. The van der Waals surface area contributed by atoms with Gasteiger partial charge < -0.3 is 0 Å². The Hall–Kier alpha value is -3.00. The molecule has 0 bridgehead atoms. The van der Waals surface area contributed by atoms with Crippen LogP contribution in [0.3, 0.4) is 0 Å². The quantitative estimate of drug-likeness (QED) is 0.723. The van der Waals surface area contributed by atoms with Crippen LogP contribution < -0.4 is 0 Å². The monoisotopic (exact) mass is 401 g/mol. The molecule has 0 unspecified atom stereocenters. The van der Waals surface area contributed by atoms with Gasteiger partial charge in [-0.3, -0.25) is 14.2 Å². The van der Waals surface area contributed by atoms with E-state index in [1.54, 1.807) is 17.6 Å². The lowest BCUT2D eigenvalue weighted by Gasteiger charge is -2.44. The first-order chi connectivity index (χ1) is 14.2. The summed E-state index contributed by atoms with van der Waals surface area (Å²) in [5.74, 6) is 0.744. The summed E-state index contributed by atoms with van der Waals surface area (Å²) in [6.45, 7) is 9.82.